The summed E-state index contributed by atoms with van der Waals surface area (Å²) in [5, 5.41) is 8.13. The fourth-order valence-electron chi connectivity index (χ4n) is 2.60. The Hall–Kier alpha value is -1.63. The first-order valence-corrected chi connectivity index (χ1v) is 7.27. The van der Waals surface area contributed by atoms with Crippen molar-refractivity contribution in [2.75, 3.05) is 13.1 Å². The molecule has 1 fully saturated rings. The lowest BCUT2D eigenvalue weighted by Gasteiger charge is -2.16. The number of aromatic nitrogens is 3. The molecule has 1 unspecified atom stereocenters. The van der Waals surface area contributed by atoms with E-state index < -0.39 is 0 Å². The molecule has 20 heavy (non-hydrogen) atoms. The third-order valence-corrected chi connectivity index (χ3v) is 4.05. The maximum atomic E-state index is 12.5. The maximum absolute atomic E-state index is 12.5. The fraction of sp³-hybridized carbons (Fsp3) is 0.462. The molecule has 0 aliphatic carbocycles. The van der Waals surface area contributed by atoms with Gasteiger partial charge in [-0.2, -0.15) is 5.10 Å². The standard InChI is InChI=1S/C13H15BrN4O2/c1-8-12(9(2)20-16-8)13(19)17-4-3-11(7-17)18-6-10(14)5-15-18/h5-6,11H,3-4,7H2,1-2H3. The number of hydrogen-bond donors (Lipinski definition) is 0. The molecule has 0 radical (unpaired) electrons. The van der Waals surface area contributed by atoms with Crippen LogP contribution in [-0.4, -0.2) is 38.8 Å². The number of amides is 1. The molecule has 0 bridgehead atoms. The van der Waals surface area contributed by atoms with Crippen molar-refractivity contribution in [2.45, 2.75) is 26.3 Å². The molecule has 0 N–H and O–H groups in total. The summed E-state index contributed by atoms with van der Waals surface area (Å²) in [5.41, 5.74) is 1.24. The third-order valence-electron chi connectivity index (χ3n) is 3.64. The predicted octanol–water partition coefficient (Wildman–Crippen LogP) is 2.34. The molecular formula is C13H15BrN4O2. The summed E-state index contributed by atoms with van der Waals surface area (Å²) in [6.45, 7) is 4.95. The van der Waals surface area contributed by atoms with Crippen molar-refractivity contribution < 1.29 is 9.32 Å². The van der Waals surface area contributed by atoms with Crippen molar-refractivity contribution in [3.8, 4) is 0 Å². The van der Waals surface area contributed by atoms with E-state index in [1.807, 2.05) is 15.8 Å². The van der Waals surface area contributed by atoms with Crippen LogP contribution >= 0.6 is 15.9 Å². The minimum absolute atomic E-state index is 0.00466. The van der Waals surface area contributed by atoms with Crippen LogP contribution in [0.5, 0.6) is 0 Å². The lowest BCUT2D eigenvalue weighted by atomic mass is 10.2. The quantitative estimate of drug-likeness (QED) is 0.842. The van der Waals surface area contributed by atoms with Crippen LogP contribution < -0.4 is 0 Å². The number of carbonyl (C=O) groups is 1. The van der Waals surface area contributed by atoms with Crippen LogP contribution in [0.25, 0.3) is 0 Å². The van der Waals surface area contributed by atoms with E-state index in [4.69, 9.17) is 4.52 Å². The highest BCUT2D eigenvalue weighted by molar-refractivity contribution is 9.10. The summed E-state index contributed by atoms with van der Waals surface area (Å²) in [6.07, 6.45) is 4.61. The number of rotatable bonds is 2. The molecule has 6 nitrogen and oxygen atoms in total. The highest BCUT2D eigenvalue weighted by Crippen LogP contribution is 2.25. The summed E-state index contributed by atoms with van der Waals surface area (Å²) < 4.78 is 7.93. The summed E-state index contributed by atoms with van der Waals surface area (Å²) in [7, 11) is 0. The van der Waals surface area contributed by atoms with E-state index in [9.17, 15) is 4.79 Å². The summed E-state index contributed by atoms with van der Waals surface area (Å²) in [5.74, 6) is 0.577. The van der Waals surface area contributed by atoms with Crippen molar-refractivity contribution in [1.82, 2.24) is 19.8 Å². The molecule has 2 aromatic rings. The van der Waals surface area contributed by atoms with Crippen LogP contribution in [0.3, 0.4) is 0 Å². The van der Waals surface area contributed by atoms with Gasteiger partial charge in [-0.05, 0) is 36.2 Å². The maximum Gasteiger partial charge on any atom is 0.259 e. The molecule has 1 atom stereocenters. The van der Waals surface area contributed by atoms with Crippen LogP contribution in [0.15, 0.2) is 21.4 Å². The van der Waals surface area contributed by atoms with Crippen molar-refractivity contribution in [1.29, 1.82) is 0 Å². The van der Waals surface area contributed by atoms with Gasteiger partial charge in [-0.25, -0.2) is 0 Å². The van der Waals surface area contributed by atoms with E-state index in [1.165, 1.54) is 0 Å². The normalized spacial score (nSPS) is 18.8. The highest BCUT2D eigenvalue weighted by Gasteiger charge is 2.31. The lowest BCUT2D eigenvalue weighted by Crippen LogP contribution is -2.29. The van der Waals surface area contributed by atoms with Gasteiger partial charge in [0.1, 0.15) is 11.3 Å². The monoisotopic (exact) mass is 338 g/mol. The second kappa shape index (κ2) is 5.05. The minimum atomic E-state index is -0.00466. The van der Waals surface area contributed by atoms with Crippen LogP contribution in [0.1, 0.15) is 34.3 Å². The van der Waals surface area contributed by atoms with Crippen molar-refractivity contribution in [2.24, 2.45) is 0 Å². The molecule has 0 saturated carbocycles. The Bertz CT molecular complexity index is 629. The number of halogens is 1. The number of likely N-dealkylation sites (tertiary alicyclic amines) is 1. The first kappa shape index (κ1) is 13.4. The SMILES string of the molecule is Cc1noc(C)c1C(=O)N1CCC(n2cc(Br)cn2)C1. The van der Waals surface area contributed by atoms with E-state index in [0.717, 1.165) is 17.4 Å². The minimum Gasteiger partial charge on any atom is -0.361 e. The van der Waals surface area contributed by atoms with Crippen LogP contribution in [0, 0.1) is 13.8 Å². The zero-order valence-electron chi connectivity index (χ0n) is 11.3. The third kappa shape index (κ3) is 2.26. The van der Waals surface area contributed by atoms with E-state index in [1.54, 1.807) is 20.0 Å². The number of nitrogens with zero attached hydrogens (tertiary/aromatic N) is 4. The fourth-order valence-corrected chi connectivity index (χ4v) is 2.90. The van der Waals surface area contributed by atoms with Crippen LogP contribution in [0.2, 0.25) is 0 Å². The first-order valence-electron chi connectivity index (χ1n) is 6.48. The predicted molar refractivity (Wildman–Crippen MR) is 75.5 cm³/mol. The average Bonchev–Trinajstić information content (AvgIpc) is 3.10. The topological polar surface area (TPSA) is 64.2 Å². The number of aryl methyl sites for hydroxylation is 2. The van der Waals surface area contributed by atoms with Gasteiger partial charge in [-0.1, -0.05) is 5.16 Å². The van der Waals surface area contributed by atoms with Gasteiger partial charge >= 0.3 is 0 Å². The molecule has 106 valence electrons. The molecule has 2 aromatic heterocycles. The van der Waals surface area contributed by atoms with Gasteiger partial charge in [0.15, 0.2) is 0 Å². The van der Waals surface area contributed by atoms with Gasteiger partial charge in [0.25, 0.3) is 5.91 Å². The molecule has 1 aliphatic rings. The van der Waals surface area contributed by atoms with Gasteiger partial charge in [0.05, 0.1) is 22.4 Å². The Morgan fingerprint density at radius 2 is 2.30 bits per heavy atom. The Balaban J connectivity index is 1.76. The lowest BCUT2D eigenvalue weighted by molar-refractivity contribution is 0.0784. The molecule has 3 heterocycles. The van der Waals surface area contributed by atoms with Gasteiger partial charge in [0, 0.05) is 19.3 Å². The zero-order valence-corrected chi connectivity index (χ0v) is 12.9. The molecule has 0 spiro atoms. The van der Waals surface area contributed by atoms with Crippen LogP contribution in [-0.2, 0) is 0 Å². The molecule has 3 rings (SSSR count). The molecule has 1 amide bonds. The van der Waals surface area contributed by atoms with Crippen LogP contribution in [0.4, 0.5) is 0 Å². The van der Waals surface area contributed by atoms with Gasteiger partial charge in [-0.3, -0.25) is 9.48 Å². The zero-order chi connectivity index (χ0) is 14.3. The second-order valence-electron chi connectivity index (χ2n) is 5.03. The van der Waals surface area contributed by atoms with Crippen molar-refractivity contribution in [3.05, 3.63) is 33.9 Å². The Morgan fingerprint density at radius 3 is 2.90 bits per heavy atom. The number of hydrogen-bond acceptors (Lipinski definition) is 4. The Kier molecular flexibility index (Phi) is 3.37. The van der Waals surface area contributed by atoms with E-state index >= 15 is 0 Å². The summed E-state index contributed by atoms with van der Waals surface area (Å²) >= 11 is 3.39. The van der Waals surface area contributed by atoms with E-state index in [2.05, 4.69) is 26.2 Å². The van der Waals surface area contributed by atoms with Gasteiger partial charge < -0.3 is 9.42 Å². The average molecular weight is 339 g/mol. The highest BCUT2D eigenvalue weighted by atomic mass is 79.9. The van der Waals surface area contributed by atoms with E-state index in [-0.39, 0.29) is 11.9 Å². The smallest absolute Gasteiger partial charge is 0.259 e. The Labute approximate surface area is 124 Å². The van der Waals surface area contributed by atoms with E-state index in [0.29, 0.717) is 23.6 Å². The van der Waals surface area contributed by atoms with Crippen molar-refractivity contribution in [3.63, 3.8) is 0 Å². The molecule has 1 aliphatic heterocycles. The molecule has 1 saturated heterocycles. The second-order valence-corrected chi connectivity index (χ2v) is 5.95. The molecule has 0 aromatic carbocycles. The van der Waals surface area contributed by atoms with Gasteiger partial charge in [0.2, 0.25) is 0 Å². The molecular weight excluding hydrogens is 324 g/mol. The Morgan fingerprint density at radius 1 is 1.50 bits per heavy atom. The summed E-state index contributed by atoms with van der Waals surface area (Å²) in [6, 6.07) is 0.228. The number of carbonyl (C=O) groups excluding carboxylic acids is 1. The summed E-state index contributed by atoms with van der Waals surface area (Å²) in [4.78, 5) is 14.4. The largest absolute Gasteiger partial charge is 0.361 e. The van der Waals surface area contributed by atoms with Crippen molar-refractivity contribution >= 4 is 21.8 Å². The molecule has 7 heteroatoms. The first-order chi connectivity index (χ1) is 9.56. The van der Waals surface area contributed by atoms with Gasteiger partial charge in [-0.15, -0.1) is 0 Å².